The third kappa shape index (κ3) is 3.41. The molecule has 0 saturated carbocycles. The number of esters is 1. The molecule has 2 aromatic rings. The first-order valence-electron chi connectivity index (χ1n) is 5.91. The zero-order valence-corrected chi connectivity index (χ0v) is 11.0. The maximum atomic E-state index is 11.8. The predicted octanol–water partition coefficient (Wildman–Crippen LogP) is 1.56. The molecule has 1 N–H and O–H groups in total. The number of anilines is 1. The first-order valence-corrected chi connectivity index (χ1v) is 5.91. The van der Waals surface area contributed by atoms with E-state index < -0.39 is 18.0 Å². The lowest BCUT2D eigenvalue weighted by Crippen LogP contribution is -2.30. The van der Waals surface area contributed by atoms with E-state index >= 15 is 0 Å². The summed E-state index contributed by atoms with van der Waals surface area (Å²) in [5, 5.41) is 6.11. The molecule has 1 unspecified atom stereocenters. The molecule has 0 fully saturated rings. The van der Waals surface area contributed by atoms with Crippen molar-refractivity contribution in [2.24, 2.45) is 0 Å². The van der Waals surface area contributed by atoms with Crippen LogP contribution in [0.4, 0.5) is 5.82 Å². The maximum Gasteiger partial charge on any atom is 0.339 e. The largest absolute Gasteiger partial charge is 0.449 e. The van der Waals surface area contributed by atoms with Crippen molar-refractivity contribution < 1.29 is 18.8 Å². The van der Waals surface area contributed by atoms with Gasteiger partial charge in [-0.05, 0) is 26.0 Å². The van der Waals surface area contributed by atoms with E-state index in [9.17, 15) is 9.59 Å². The highest BCUT2D eigenvalue weighted by molar-refractivity contribution is 5.96. The van der Waals surface area contributed by atoms with Crippen molar-refractivity contribution in [2.75, 3.05) is 5.32 Å². The molecule has 0 saturated heterocycles. The highest BCUT2D eigenvalue weighted by atomic mass is 16.5. The van der Waals surface area contributed by atoms with Crippen molar-refractivity contribution in [1.82, 2.24) is 10.1 Å². The van der Waals surface area contributed by atoms with Crippen molar-refractivity contribution >= 4 is 17.7 Å². The second-order valence-electron chi connectivity index (χ2n) is 4.10. The van der Waals surface area contributed by atoms with Crippen LogP contribution in [0.25, 0.3) is 0 Å². The van der Waals surface area contributed by atoms with Crippen LogP contribution in [0.2, 0.25) is 0 Å². The van der Waals surface area contributed by atoms with E-state index in [-0.39, 0.29) is 5.82 Å². The summed E-state index contributed by atoms with van der Waals surface area (Å²) >= 11 is 0. The minimum absolute atomic E-state index is 0.277. The lowest BCUT2D eigenvalue weighted by Gasteiger charge is -2.12. The molecule has 1 atom stereocenters. The normalized spacial score (nSPS) is 11.7. The van der Waals surface area contributed by atoms with Gasteiger partial charge in [-0.25, -0.2) is 4.79 Å². The van der Waals surface area contributed by atoms with Crippen molar-refractivity contribution in [3.63, 3.8) is 0 Å². The molecular weight excluding hydrogens is 262 g/mol. The lowest BCUT2D eigenvalue weighted by atomic mass is 10.3. The highest BCUT2D eigenvalue weighted by Crippen LogP contribution is 2.09. The van der Waals surface area contributed by atoms with Gasteiger partial charge in [-0.15, -0.1) is 0 Å². The molecule has 1 amide bonds. The summed E-state index contributed by atoms with van der Waals surface area (Å²) in [6, 6.07) is 4.58. The van der Waals surface area contributed by atoms with Gasteiger partial charge in [-0.3, -0.25) is 9.78 Å². The molecule has 20 heavy (non-hydrogen) atoms. The molecular formula is C13H13N3O4. The van der Waals surface area contributed by atoms with Crippen LogP contribution in [-0.4, -0.2) is 28.1 Å². The van der Waals surface area contributed by atoms with Gasteiger partial charge in [-0.2, -0.15) is 0 Å². The highest BCUT2D eigenvalue weighted by Gasteiger charge is 2.19. The average molecular weight is 275 g/mol. The van der Waals surface area contributed by atoms with Gasteiger partial charge >= 0.3 is 5.97 Å². The fourth-order valence-corrected chi connectivity index (χ4v) is 1.42. The number of carbonyl (C=O) groups is 2. The molecule has 0 aliphatic rings. The van der Waals surface area contributed by atoms with E-state index in [1.807, 2.05) is 0 Å². The Morgan fingerprint density at radius 1 is 1.35 bits per heavy atom. The Hall–Kier alpha value is -2.70. The van der Waals surface area contributed by atoms with Crippen molar-refractivity contribution in [3.05, 3.63) is 41.9 Å². The molecule has 2 heterocycles. The maximum absolute atomic E-state index is 11.8. The molecule has 0 spiro atoms. The minimum atomic E-state index is -0.951. The lowest BCUT2D eigenvalue weighted by molar-refractivity contribution is -0.123. The smallest absolute Gasteiger partial charge is 0.339 e. The number of aryl methyl sites for hydroxylation is 1. The van der Waals surface area contributed by atoms with Crippen LogP contribution in [0.3, 0.4) is 0 Å². The van der Waals surface area contributed by atoms with E-state index in [4.69, 9.17) is 9.26 Å². The topological polar surface area (TPSA) is 94.3 Å². The zero-order chi connectivity index (χ0) is 14.5. The van der Waals surface area contributed by atoms with Gasteiger partial charge in [-0.1, -0.05) is 5.16 Å². The van der Waals surface area contributed by atoms with Crippen molar-refractivity contribution in [1.29, 1.82) is 0 Å². The Balaban J connectivity index is 1.92. The standard InChI is InChI=1S/C13H13N3O4/c1-8-7-11(16-20-8)15-12(17)9(2)19-13(18)10-3-5-14-6-4-10/h3-7,9H,1-2H3,(H,15,16,17). The molecule has 0 aliphatic carbocycles. The van der Waals surface area contributed by atoms with Crippen LogP contribution in [0.15, 0.2) is 35.1 Å². The minimum Gasteiger partial charge on any atom is -0.449 e. The van der Waals surface area contributed by atoms with Crippen LogP contribution in [0.5, 0.6) is 0 Å². The molecule has 2 rings (SSSR count). The summed E-state index contributed by atoms with van der Waals surface area (Å²) in [5.74, 6) is -0.229. The fourth-order valence-electron chi connectivity index (χ4n) is 1.42. The molecule has 7 heteroatoms. The Kier molecular flexibility index (Phi) is 4.09. The third-order valence-electron chi connectivity index (χ3n) is 2.45. The van der Waals surface area contributed by atoms with Crippen LogP contribution < -0.4 is 5.32 Å². The number of rotatable bonds is 4. The van der Waals surface area contributed by atoms with Gasteiger partial charge in [0.15, 0.2) is 11.9 Å². The van der Waals surface area contributed by atoms with E-state index in [1.165, 1.54) is 31.5 Å². The number of ether oxygens (including phenoxy) is 1. The van der Waals surface area contributed by atoms with Crippen LogP contribution >= 0.6 is 0 Å². The number of aromatic nitrogens is 2. The predicted molar refractivity (Wildman–Crippen MR) is 69.0 cm³/mol. The molecule has 0 aliphatic heterocycles. The summed E-state index contributed by atoms with van der Waals surface area (Å²) in [4.78, 5) is 27.4. The Bertz CT molecular complexity index is 609. The summed E-state index contributed by atoms with van der Waals surface area (Å²) in [6.45, 7) is 3.18. The van der Waals surface area contributed by atoms with Crippen LogP contribution in [-0.2, 0) is 9.53 Å². The van der Waals surface area contributed by atoms with E-state index in [1.54, 1.807) is 13.0 Å². The molecule has 0 aromatic carbocycles. The zero-order valence-electron chi connectivity index (χ0n) is 11.0. The number of nitrogens with one attached hydrogen (secondary N) is 1. The molecule has 104 valence electrons. The number of amides is 1. The quantitative estimate of drug-likeness (QED) is 0.851. The molecule has 7 nitrogen and oxygen atoms in total. The Labute approximate surface area is 114 Å². The van der Waals surface area contributed by atoms with E-state index in [0.717, 1.165) is 0 Å². The number of hydrogen-bond acceptors (Lipinski definition) is 6. The van der Waals surface area contributed by atoms with Crippen LogP contribution in [0, 0.1) is 6.92 Å². The average Bonchev–Trinajstić information content (AvgIpc) is 2.85. The summed E-state index contributed by atoms with van der Waals surface area (Å²) in [7, 11) is 0. The number of pyridine rings is 1. The van der Waals surface area contributed by atoms with Gasteiger partial charge in [0.1, 0.15) is 5.76 Å². The van der Waals surface area contributed by atoms with Crippen molar-refractivity contribution in [2.45, 2.75) is 20.0 Å². The first kappa shape index (κ1) is 13.7. The second-order valence-corrected chi connectivity index (χ2v) is 4.10. The number of hydrogen-bond donors (Lipinski definition) is 1. The van der Waals surface area contributed by atoms with Gasteiger partial charge in [0.2, 0.25) is 0 Å². The number of carbonyl (C=O) groups excluding carboxylic acids is 2. The Morgan fingerprint density at radius 2 is 2.05 bits per heavy atom. The molecule has 2 aromatic heterocycles. The fraction of sp³-hybridized carbons (Fsp3) is 0.231. The summed E-state index contributed by atoms with van der Waals surface area (Å²) in [6.07, 6.45) is 1.99. The second kappa shape index (κ2) is 5.96. The van der Waals surface area contributed by atoms with Crippen molar-refractivity contribution in [3.8, 4) is 0 Å². The van der Waals surface area contributed by atoms with Gasteiger partial charge in [0.05, 0.1) is 5.56 Å². The van der Waals surface area contributed by atoms with Crippen LogP contribution in [0.1, 0.15) is 23.0 Å². The van der Waals surface area contributed by atoms with Gasteiger partial charge in [0, 0.05) is 18.5 Å². The third-order valence-corrected chi connectivity index (χ3v) is 2.45. The molecule has 0 radical (unpaired) electrons. The van der Waals surface area contributed by atoms with E-state index in [0.29, 0.717) is 11.3 Å². The van der Waals surface area contributed by atoms with Gasteiger partial charge in [0.25, 0.3) is 5.91 Å². The summed E-state index contributed by atoms with van der Waals surface area (Å²) in [5.41, 5.74) is 0.330. The molecule has 0 bridgehead atoms. The monoisotopic (exact) mass is 275 g/mol. The van der Waals surface area contributed by atoms with E-state index in [2.05, 4.69) is 15.5 Å². The number of nitrogens with zero attached hydrogens (tertiary/aromatic N) is 2. The first-order chi connectivity index (χ1) is 9.56. The van der Waals surface area contributed by atoms with Gasteiger partial charge < -0.3 is 14.6 Å². The Morgan fingerprint density at radius 3 is 2.65 bits per heavy atom. The summed E-state index contributed by atoms with van der Waals surface area (Å²) < 4.78 is 9.86. The SMILES string of the molecule is Cc1cc(NC(=O)C(C)OC(=O)c2ccncc2)no1.